The third-order valence-electron chi connectivity index (χ3n) is 5.88. The molecule has 10 nitrogen and oxygen atoms in total. The number of carbonyl (C=O) groups is 2. The number of piperidine rings is 1. The van der Waals surface area contributed by atoms with E-state index in [2.05, 4.69) is 15.1 Å². The van der Waals surface area contributed by atoms with Gasteiger partial charge < -0.3 is 25.8 Å². The van der Waals surface area contributed by atoms with Crippen molar-refractivity contribution in [3.05, 3.63) is 29.9 Å². The first-order valence-electron chi connectivity index (χ1n) is 9.79. The molecule has 2 fully saturated rings. The highest BCUT2D eigenvalue weighted by Crippen LogP contribution is 2.34. The molecule has 0 aliphatic carbocycles. The molecule has 3 atom stereocenters. The van der Waals surface area contributed by atoms with E-state index >= 15 is 0 Å². The lowest BCUT2D eigenvalue weighted by Gasteiger charge is -2.38. The van der Waals surface area contributed by atoms with E-state index in [1.54, 1.807) is 24.1 Å². The van der Waals surface area contributed by atoms with Crippen LogP contribution in [0.15, 0.2) is 23.1 Å². The predicted octanol–water partition coefficient (Wildman–Crippen LogP) is 0.633. The first-order valence-corrected chi connectivity index (χ1v) is 9.79. The van der Waals surface area contributed by atoms with Gasteiger partial charge in [0, 0.05) is 38.4 Å². The molecule has 2 aromatic heterocycles. The maximum absolute atomic E-state index is 13.4. The van der Waals surface area contributed by atoms with Crippen LogP contribution in [0.5, 0.6) is 0 Å². The van der Waals surface area contributed by atoms with Crippen LogP contribution < -0.4 is 11.5 Å². The van der Waals surface area contributed by atoms with E-state index in [4.69, 9.17) is 16.0 Å². The van der Waals surface area contributed by atoms with Gasteiger partial charge in [0.25, 0.3) is 5.91 Å². The number of likely N-dealkylation sites (tertiary alicyclic amines) is 2. The molecule has 4 rings (SSSR count). The van der Waals surface area contributed by atoms with Crippen molar-refractivity contribution in [2.45, 2.75) is 31.8 Å². The fourth-order valence-corrected chi connectivity index (χ4v) is 4.35. The summed E-state index contributed by atoms with van der Waals surface area (Å²) in [5, 5.41) is 4.06. The zero-order valence-electron chi connectivity index (χ0n) is 17.1. The summed E-state index contributed by atoms with van der Waals surface area (Å²) in [6.07, 6.45) is 4.57. The molecule has 2 aliphatic heterocycles. The van der Waals surface area contributed by atoms with Crippen LogP contribution in [-0.4, -0.2) is 75.0 Å². The van der Waals surface area contributed by atoms with Crippen molar-refractivity contribution in [3.8, 4) is 11.4 Å². The zero-order chi connectivity index (χ0) is 20.5. The van der Waals surface area contributed by atoms with E-state index in [0.29, 0.717) is 48.8 Å². The molecule has 12 heteroatoms. The van der Waals surface area contributed by atoms with Gasteiger partial charge in [-0.3, -0.25) is 9.59 Å². The number of amides is 2. The third kappa shape index (κ3) is 4.67. The number of aryl methyl sites for hydroxylation is 1. The Morgan fingerprint density at radius 1 is 1.29 bits per heavy atom. The van der Waals surface area contributed by atoms with Gasteiger partial charge in [-0.05, 0) is 31.7 Å². The monoisotopic (exact) mass is 471 g/mol. The number of nitrogens with zero attached hydrogens (tertiary/aromatic N) is 5. The van der Waals surface area contributed by atoms with E-state index in [1.165, 1.54) is 6.33 Å². The van der Waals surface area contributed by atoms with Crippen LogP contribution in [0, 0.1) is 12.8 Å². The van der Waals surface area contributed by atoms with Crippen molar-refractivity contribution in [1.29, 1.82) is 0 Å². The summed E-state index contributed by atoms with van der Waals surface area (Å²) >= 11 is 0. The lowest BCUT2D eigenvalue weighted by atomic mass is 9.92. The molecule has 31 heavy (non-hydrogen) atoms. The van der Waals surface area contributed by atoms with Gasteiger partial charge in [0.2, 0.25) is 5.91 Å². The zero-order valence-corrected chi connectivity index (χ0v) is 18.8. The van der Waals surface area contributed by atoms with E-state index in [0.717, 1.165) is 6.42 Å². The Bertz CT molecular complexity index is 911. The molecular weight excluding hydrogens is 445 g/mol. The highest BCUT2D eigenvalue weighted by Gasteiger charge is 2.43. The van der Waals surface area contributed by atoms with Crippen LogP contribution in [0.1, 0.15) is 29.0 Å². The Morgan fingerprint density at radius 2 is 2.06 bits per heavy atom. The number of fused-ring (bicyclic) bond motifs is 1. The molecule has 0 saturated carbocycles. The summed E-state index contributed by atoms with van der Waals surface area (Å²) in [5.74, 6) is 0.470. The quantitative estimate of drug-likeness (QED) is 0.660. The lowest BCUT2D eigenvalue weighted by Crippen LogP contribution is -2.54. The highest BCUT2D eigenvalue weighted by atomic mass is 35.5. The molecule has 170 valence electrons. The van der Waals surface area contributed by atoms with Gasteiger partial charge in [-0.25, -0.2) is 9.97 Å². The maximum Gasteiger partial charge on any atom is 0.260 e. The molecule has 0 unspecified atom stereocenters. The van der Waals surface area contributed by atoms with Gasteiger partial charge in [0.15, 0.2) is 0 Å². The summed E-state index contributed by atoms with van der Waals surface area (Å²) < 4.78 is 5.32. The average molecular weight is 472 g/mol. The van der Waals surface area contributed by atoms with Gasteiger partial charge in [-0.2, -0.15) is 0 Å². The number of carbonyl (C=O) groups excluding carboxylic acids is 2. The normalized spacial score (nSPS) is 21.0. The summed E-state index contributed by atoms with van der Waals surface area (Å²) in [7, 11) is 0. The molecule has 0 bridgehead atoms. The average Bonchev–Trinajstić information content (AvgIpc) is 3.35. The van der Waals surface area contributed by atoms with Crippen molar-refractivity contribution in [1.82, 2.24) is 24.9 Å². The van der Waals surface area contributed by atoms with Gasteiger partial charge in [-0.15, -0.1) is 24.8 Å². The largest absolute Gasteiger partial charge is 0.360 e. The van der Waals surface area contributed by atoms with Crippen LogP contribution in [0.3, 0.4) is 0 Å². The molecule has 0 spiro atoms. The number of halogens is 2. The van der Waals surface area contributed by atoms with E-state index in [9.17, 15) is 9.59 Å². The van der Waals surface area contributed by atoms with Crippen molar-refractivity contribution in [2.75, 3.05) is 26.2 Å². The number of hydrogen-bond acceptors (Lipinski definition) is 8. The smallest absolute Gasteiger partial charge is 0.260 e. The highest BCUT2D eigenvalue weighted by molar-refractivity contribution is 6.00. The molecule has 4 N–H and O–H groups in total. The predicted molar refractivity (Wildman–Crippen MR) is 118 cm³/mol. The van der Waals surface area contributed by atoms with E-state index in [-0.39, 0.29) is 55.1 Å². The van der Waals surface area contributed by atoms with Crippen LogP contribution in [-0.2, 0) is 4.79 Å². The first-order chi connectivity index (χ1) is 14.0. The van der Waals surface area contributed by atoms with Crippen LogP contribution in [0.25, 0.3) is 11.4 Å². The fourth-order valence-electron chi connectivity index (χ4n) is 4.35. The Kier molecular flexibility index (Phi) is 8.35. The Labute approximate surface area is 192 Å². The molecule has 2 amide bonds. The molecule has 0 aromatic carbocycles. The van der Waals surface area contributed by atoms with Gasteiger partial charge in [0.05, 0.1) is 11.7 Å². The fraction of sp³-hybridized carbons (Fsp3) is 0.526. The Balaban J connectivity index is 0.00000171. The van der Waals surface area contributed by atoms with Crippen LogP contribution >= 0.6 is 24.8 Å². The van der Waals surface area contributed by atoms with Gasteiger partial charge >= 0.3 is 0 Å². The number of hydrogen-bond donors (Lipinski definition) is 2. The minimum Gasteiger partial charge on any atom is -0.360 e. The molecule has 4 heterocycles. The number of aromatic nitrogens is 3. The second kappa shape index (κ2) is 10.4. The molecule has 2 saturated heterocycles. The van der Waals surface area contributed by atoms with Crippen molar-refractivity contribution in [3.63, 3.8) is 0 Å². The topological polar surface area (TPSA) is 144 Å². The standard InChI is InChI=1S/C19H25N7O3.2ClH/c1-11-16(17(24-29-11)14-2-5-22-10-23-14)19(28)26-7-3-12-9-25(6-4-15(12)26)18(27)13(21)8-20;;/h2,5,10,12-13,15H,3-4,6-9,20-21H2,1H3;2*1H/t12-,13-,15+;;/m0../s1. The summed E-state index contributed by atoms with van der Waals surface area (Å²) in [5.41, 5.74) is 12.8. The van der Waals surface area contributed by atoms with Gasteiger partial charge in [0.1, 0.15) is 23.3 Å². The maximum atomic E-state index is 13.4. The molecule has 2 aromatic rings. The molecular formula is C19H27Cl2N7O3. The van der Waals surface area contributed by atoms with E-state index in [1.807, 2.05) is 4.90 Å². The number of rotatable bonds is 4. The Morgan fingerprint density at radius 3 is 2.74 bits per heavy atom. The molecule has 2 aliphatic rings. The second-order valence-corrected chi connectivity index (χ2v) is 7.59. The summed E-state index contributed by atoms with van der Waals surface area (Å²) in [6.45, 7) is 3.66. The lowest BCUT2D eigenvalue weighted by molar-refractivity contribution is -0.134. The Hall–Kier alpha value is -2.27. The second-order valence-electron chi connectivity index (χ2n) is 7.59. The third-order valence-corrected chi connectivity index (χ3v) is 5.88. The minimum absolute atomic E-state index is 0. The minimum atomic E-state index is -0.666. The van der Waals surface area contributed by atoms with Gasteiger partial charge in [-0.1, -0.05) is 5.16 Å². The van der Waals surface area contributed by atoms with E-state index < -0.39 is 6.04 Å². The SMILES string of the molecule is Cc1onc(-c2ccncn2)c1C(=O)N1CC[C@H]2CN(C(=O)[C@@H](N)CN)CC[C@H]21.Cl.Cl. The van der Waals surface area contributed by atoms with Crippen molar-refractivity contribution in [2.24, 2.45) is 17.4 Å². The van der Waals surface area contributed by atoms with Crippen molar-refractivity contribution < 1.29 is 14.1 Å². The van der Waals surface area contributed by atoms with Crippen LogP contribution in [0.2, 0.25) is 0 Å². The summed E-state index contributed by atoms with van der Waals surface area (Å²) in [6, 6.07) is 1.11. The molecule has 0 radical (unpaired) electrons. The summed E-state index contributed by atoms with van der Waals surface area (Å²) in [4.78, 5) is 37.6. The number of nitrogens with two attached hydrogens (primary N) is 2. The van der Waals surface area contributed by atoms with Crippen molar-refractivity contribution >= 4 is 36.6 Å². The first kappa shape index (κ1) is 25.0. The van der Waals surface area contributed by atoms with Crippen LogP contribution in [0.4, 0.5) is 0 Å².